The van der Waals surface area contributed by atoms with Gasteiger partial charge in [0, 0.05) is 12.5 Å². The second-order valence-electron chi connectivity index (χ2n) is 7.41. The second kappa shape index (κ2) is 12.9. The summed E-state index contributed by atoms with van der Waals surface area (Å²) in [6, 6.07) is 10.6. The van der Waals surface area contributed by atoms with Crippen molar-refractivity contribution in [3.63, 3.8) is 0 Å². The van der Waals surface area contributed by atoms with Gasteiger partial charge in [-0.3, -0.25) is 15.4 Å². The monoisotopic (exact) mass is 490 g/mol. The van der Waals surface area contributed by atoms with Crippen LogP contribution in [-0.4, -0.2) is 49.3 Å². The van der Waals surface area contributed by atoms with Crippen molar-refractivity contribution in [2.24, 2.45) is 0 Å². The molecular formula is C24H28N2O9. The van der Waals surface area contributed by atoms with E-state index in [1.54, 1.807) is 30.3 Å². The Morgan fingerprint density at radius 1 is 1.06 bits per heavy atom. The van der Waals surface area contributed by atoms with Crippen molar-refractivity contribution >= 4 is 23.7 Å². The quantitative estimate of drug-likeness (QED) is 0.118. The van der Waals surface area contributed by atoms with Gasteiger partial charge in [-0.05, 0) is 23.6 Å². The molecule has 35 heavy (non-hydrogen) atoms. The van der Waals surface area contributed by atoms with Crippen molar-refractivity contribution in [3.05, 3.63) is 69.7 Å². The molecule has 2 rings (SSSR count). The lowest BCUT2D eigenvalue weighted by Crippen LogP contribution is -2.62. The Hall–Kier alpha value is -4.15. The van der Waals surface area contributed by atoms with Crippen LogP contribution in [0.15, 0.2) is 48.5 Å². The maximum Gasteiger partial charge on any atom is 0.408 e. The third-order valence-electron chi connectivity index (χ3n) is 4.94. The van der Waals surface area contributed by atoms with Crippen LogP contribution in [-0.2, 0) is 36.8 Å². The maximum absolute atomic E-state index is 12.8. The van der Waals surface area contributed by atoms with E-state index in [4.69, 9.17) is 20.3 Å². The summed E-state index contributed by atoms with van der Waals surface area (Å²) in [6.07, 6.45) is -0.400. The maximum atomic E-state index is 12.8. The normalized spacial score (nSPS) is 11.1. The number of benzene rings is 2. The van der Waals surface area contributed by atoms with Gasteiger partial charge in [0.1, 0.15) is 6.61 Å². The molecule has 11 heteroatoms. The number of esters is 2. The lowest BCUT2D eigenvalue weighted by atomic mass is 9.90. The van der Waals surface area contributed by atoms with Crippen molar-refractivity contribution in [2.75, 3.05) is 20.8 Å². The second-order valence-corrected chi connectivity index (χ2v) is 7.41. The van der Waals surface area contributed by atoms with Gasteiger partial charge in [0.05, 0.1) is 27.1 Å². The Morgan fingerprint density at radius 2 is 1.71 bits per heavy atom. The SMILES string of the molecule is [3H]c1c(CC(NC(=O)OCCCC)(C(=O)OC)C(=O)OC)ccc([N+](=O)[O-])c1OCc1ccccc1. The number of ether oxygens (including phenoxy) is 4. The number of unbranched alkanes of at least 4 members (excludes halogenated alkanes) is 1. The van der Waals surface area contributed by atoms with Gasteiger partial charge in [-0.1, -0.05) is 49.7 Å². The largest absolute Gasteiger partial charge is 0.482 e. The number of carbonyl (C=O) groups excluding carboxylic acids is 3. The van der Waals surface area contributed by atoms with E-state index >= 15 is 0 Å². The molecule has 0 bridgehead atoms. The van der Waals surface area contributed by atoms with E-state index in [9.17, 15) is 24.5 Å². The Morgan fingerprint density at radius 3 is 2.29 bits per heavy atom. The molecule has 0 aromatic heterocycles. The minimum absolute atomic E-state index is 0.0201. The number of nitrogens with zero attached hydrogens (tertiary/aromatic N) is 1. The van der Waals surface area contributed by atoms with Gasteiger partial charge in [-0.25, -0.2) is 14.4 Å². The molecule has 0 atom stereocenters. The smallest absolute Gasteiger partial charge is 0.408 e. The third-order valence-corrected chi connectivity index (χ3v) is 4.94. The van der Waals surface area contributed by atoms with Crippen LogP contribution in [0.2, 0.25) is 0 Å². The van der Waals surface area contributed by atoms with E-state index in [0.717, 1.165) is 26.7 Å². The van der Waals surface area contributed by atoms with Gasteiger partial charge in [0.15, 0.2) is 5.75 Å². The molecule has 0 saturated heterocycles. The van der Waals surface area contributed by atoms with Crippen molar-refractivity contribution in [1.82, 2.24) is 5.32 Å². The van der Waals surface area contributed by atoms with E-state index in [1.807, 2.05) is 6.92 Å². The first-order valence-corrected chi connectivity index (χ1v) is 10.8. The van der Waals surface area contributed by atoms with Crippen molar-refractivity contribution < 1.29 is 39.6 Å². The fourth-order valence-electron chi connectivity index (χ4n) is 3.12. The summed E-state index contributed by atoms with van der Waals surface area (Å²) in [5.74, 6) is -2.71. The predicted octanol–water partition coefficient (Wildman–Crippen LogP) is 3.33. The average molecular weight is 491 g/mol. The number of alkyl carbamates (subject to hydrolysis) is 1. The Kier molecular flexibility index (Phi) is 9.40. The molecular weight excluding hydrogens is 460 g/mol. The molecule has 0 saturated carbocycles. The molecule has 1 N–H and O–H groups in total. The van der Waals surface area contributed by atoms with Gasteiger partial charge >= 0.3 is 23.7 Å². The van der Waals surface area contributed by atoms with Crippen molar-refractivity contribution in [1.29, 1.82) is 0 Å². The van der Waals surface area contributed by atoms with Gasteiger partial charge in [-0.2, -0.15) is 0 Å². The summed E-state index contributed by atoms with van der Waals surface area (Å²) in [7, 11) is 2.02. The summed E-state index contributed by atoms with van der Waals surface area (Å²) in [5.41, 5.74) is -2.22. The van der Waals surface area contributed by atoms with E-state index in [1.165, 1.54) is 6.07 Å². The number of nitro groups is 1. The molecule has 0 heterocycles. The highest BCUT2D eigenvalue weighted by Crippen LogP contribution is 2.31. The molecule has 0 aliphatic rings. The minimum Gasteiger partial charge on any atom is -0.482 e. The van der Waals surface area contributed by atoms with Crippen LogP contribution in [0.3, 0.4) is 0 Å². The first-order chi connectivity index (χ1) is 17.2. The molecule has 11 nitrogen and oxygen atoms in total. The number of methoxy groups -OCH3 is 2. The van der Waals surface area contributed by atoms with Crippen LogP contribution in [0.1, 0.15) is 32.3 Å². The molecule has 0 aliphatic heterocycles. The first-order valence-electron chi connectivity index (χ1n) is 11.3. The molecule has 188 valence electrons. The molecule has 1 amide bonds. The molecule has 0 unspecified atom stereocenters. The number of rotatable bonds is 12. The van der Waals surface area contributed by atoms with E-state index in [-0.39, 0.29) is 24.5 Å². The van der Waals surface area contributed by atoms with Crippen LogP contribution in [0.25, 0.3) is 0 Å². The van der Waals surface area contributed by atoms with E-state index in [2.05, 4.69) is 5.32 Å². The first kappa shape index (κ1) is 25.5. The van der Waals surface area contributed by atoms with E-state index < -0.39 is 46.6 Å². The number of carbonyl (C=O) groups is 3. The Bertz CT molecular complexity index is 1080. The summed E-state index contributed by atoms with van der Waals surface area (Å²) in [4.78, 5) is 48.9. The van der Waals surface area contributed by atoms with Crippen LogP contribution in [0.5, 0.6) is 5.75 Å². The molecule has 0 fully saturated rings. The zero-order valence-corrected chi connectivity index (χ0v) is 19.7. The summed E-state index contributed by atoms with van der Waals surface area (Å²) in [5, 5.41) is 13.8. The van der Waals surface area contributed by atoms with Crippen molar-refractivity contribution in [2.45, 2.75) is 38.3 Å². The average Bonchev–Trinajstić information content (AvgIpc) is 2.88. The zero-order valence-electron chi connectivity index (χ0n) is 20.7. The highest BCUT2D eigenvalue weighted by atomic mass is 16.6. The van der Waals surface area contributed by atoms with Gasteiger partial charge in [-0.15, -0.1) is 0 Å². The highest BCUT2D eigenvalue weighted by molar-refractivity contribution is 6.07. The van der Waals surface area contributed by atoms with Crippen LogP contribution >= 0.6 is 0 Å². The lowest BCUT2D eigenvalue weighted by molar-refractivity contribution is -0.386. The van der Waals surface area contributed by atoms with Gasteiger partial charge < -0.3 is 18.9 Å². The van der Waals surface area contributed by atoms with Crippen LogP contribution in [0.4, 0.5) is 10.5 Å². The van der Waals surface area contributed by atoms with Gasteiger partial charge in [0.25, 0.3) is 0 Å². The summed E-state index contributed by atoms with van der Waals surface area (Å²) >= 11 is 0. The number of nitro benzene ring substituents is 1. The Balaban J connectivity index is 2.50. The lowest BCUT2D eigenvalue weighted by Gasteiger charge is -2.29. The summed E-state index contributed by atoms with van der Waals surface area (Å²) < 4.78 is 28.7. The Labute approximate surface area is 203 Å². The standard InChI is InChI=1S/C24H28N2O9/c1-4-5-13-34-23(29)25-24(21(27)32-2,22(28)33-3)15-18-11-12-19(26(30)31)20(14-18)35-16-17-9-7-6-8-10-17/h6-12,14H,4-5,13,15-16H2,1-3H3,(H,25,29)/i14T. The summed E-state index contributed by atoms with van der Waals surface area (Å²) in [6.45, 7) is 1.86. The number of hydrogen-bond acceptors (Lipinski definition) is 9. The number of nitrogens with one attached hydrogen (secondary N) is 1. The molecule has 0 aliphatic carbocycles. The van der Waals surface area contributed by atoms with Crippen LogP contribution < -0.4 is 10.1 Å². The number of amides is 1. The molecule has 2 aromatic carbocycles. The van der Waals surface area contributed by atoms with Crippen molar-refractivity contribution in [3.8, 4) is 5.75 Å². The predicted molar refractivity (Wildman–Crippen MR) is 124 cm³/mol. The fourth-order valence-corrected chi connectivity index (χ4v) is 3.12. The topological polar surface area (TPSA) is 143 Å². The third kappa shape index (κ3) is 7.16. The minimum atomic E-state index is -2.42. The molecule has 0 spiro atoms. The van der Waals surface area contributed by atoms with E-state index in [0.29, 0.717) is 12.0 Å². The molecule has 2 aromatic rings. The van der Waals surface area contributed by atoms with Crippen LogP contribution in [0, 0.1) is 10.1 Å². The number of hydrogen-bond donors (Lipinski definition) is 1. The van der Waals surface area contributed by atoms with Gasteiger partial charge in [0.2, 0.25) is 5.54 Å². The highest BCUT2D eigenvalue weighted by Gasteiger charge is 2.50. The molecule has 0 radical (unpaired) electrons. The zero-order chi connectivity index (χ0) is 26.7. The fraction of sp³-hybridized carbons (Fsp3) is 0.375.